The van der Waals surface area contributed by atoms with Gasteiger partial charge >= 0.3 is 0 Å². The van der Waals surface area contributed by atoms with Gasteiger partial charge in [0.25, 0.3) is 0 Å². The molecule has 6 rings (SSSR count). The Labute approximate surface area is 432 Å². The fourth-order valence-corrected chi connectivity index (χ4v) is 15.0. The first-order valence-corrected chi connectivity index (χ1v) is 30.4. The molecule has 0 spiro atoms. The number of thioether (sulfide) groups is 1. The molecule has 3 heterocycles. The highest BCUT2D eigenvalue weighted by Crippen LogP contribution is 2.53. The summed E-state index contributed by atoms with van der Waals surface area (Å²) in [6.07, 6.45) is 23.1. The van der Waals surface area contributed by atoms with E-state index in [0.29, 0.717) is 59.1 Å². The summed E-state index contributed by atoms with van der Waals surface area (Å²) in [6.45, 7) is 33.3. The molecule has 4 nitrogen and oxygen atoms in total. The molecule has 3 aliphatic rings. The third-order valence-corrected chi connectivity index (χ3v) is 20.4. The van der Waals surface area contributed by atoms with Crippen LogP contribution in [0.4, 0.5) is 0 Å². The number of hydrogen-bond donors (Lipinski definition) is 0. The third-order valence-electron chi connectivity index (χ3n) is 15.7. The lowest BCUT2D eigenvalue weighted by molar-refractivity contribution is 0.0979. The Morgan fingerprint density at radius 1 is 0.565 bits per heavy atom. The number of ketones is 2. The van der Waals surface area contributed by atoms with Crippen LogP contribution < -0.4 is 9.75 Å². The molecule has 1 aromatic carbocycles. The quantitative estimate of drug-likeness (QED) is 0.0596. The van der Waals surface area contributed by atoms with Crippen molar-refractivity contribution >= 4 is 57.5 Å². The van der Waals surface area contributed by atoms with Crippen LogP contribution in [0.3, 0.4) is 0 Å². The lowest BCUT2D eigenvalue weighted by atomic mass is 9.76. The van der Waals surface area contributed by atoms with E-state index < -0.39 is 0 Å². The molecule has 6 atom stereocenters. The number of hydrogen-bond acceptors (Lipinski definition) is 7. The highest BCUT2D eigenvalue weighted by atomic mass is 32.2. The van der Waals surface area contributed by atoms with E-state index in [9.17, 15) is 0 Å². The van der Waals surface area contributed by atoms with Gasteiger partial charge in [-0.05, 0) is 94.4 Å². The van der Waals surface area contributed by atoms with Crippen LogP contribution in [0.5, 0.6) is 0 Å². The van der Waals surface area contributed by atoms with Crippen molar-refractivity contribution in [3.05, 3.63) is 77.2 Å². The number of rotatable bonds is 27. The first-order chi connectivity index (χ1) is 33.0. The van der Waals surface area contributed by atoms with E-state index in [2.05, 4.69) is 121 Å². The van der Waals surface area contributed by atoms with Crippen molar-refractivity contribution in [3.63, 3.8) is 0 Å². The lowest BCUT2D eigenvalue weighted by Gasteiger charge is -2.29. The van der Waals surface area contributed by atoms with Crippen LogP contribution in [0.15, 0.2) is 29.2 Å². The molecule has 0 radical (unpaired) electrons. The Morgan fingerprint density at radius 2 is 1.03 bits per heavy atom. The van der Waals surface area contributed by atoms with Crippen molar-refractivity contribution < 1.29 is 19.1 Å². The fourth-order valence-electron chi connectivity index (χ4n) is 10.9. The average molecular weight is 998 g/mol. The van der Waals surface area contributed by atoms with E-state index in [4.69, 9.17) is 9.47 Å². The molecule has 0 amide bonds. The van der Waals surface area contributed by atoms with E-state index in [1.165, 1.54) is 93.1 Å². The maximum Gasteiger partial charge on any atom is 0.196 e. The lowest BCUT2D eigenvalue weighted by Crippen LogP contribution is -2.39. The average Bonchev–Trinajstić information content (AvgIpc) is 4.08. The molecular formula is C62H92O4S3. The summed E-state index contributed by atoms with van der Waals surface area (Å²) in [5, 5.41) is 1.19. The van der Waals surface area contributed by atoms with Crippen molar-refractivity contribution in [1.29, 1.82) is 0 Å². The second-order valence-electron chi connectivity index (χ2n) is 23.2. The number of carbonyl (C=O) groups is 2. The minimum Gasteiger partial charge on any atom is -0.496 e. The Hall–Kier alpha value is -2.61. The standard InChI is InChI=1S/C62H92O4S3/c1-15-23-27-39(19-5)31-43-33-45-46(34-44(43)32-40(20-6)28-24-16-2)54(64)52-51(53(45)63)59(69-60(52)62(12,13)14)49-35-47-55(65-37-41(21-7)29-25-17-3)58-48(36-50(68-58)61(9,10)11)56(57(47)67-49)66-38-42(22-8)30-26-18-4/h33-36,39-42,48,58H,15-32,37-38H2,1-14H3. The summed E-state index contributed by atoms with van der Waals surface area (Å²) < 4.78 is 15.6. The zero-order valence-corrected chi connectivity index (χ0v) is 48.2. The number of unbranched alkanes of at least 4 members (excludes halogenated alkanes) is 4. The Balaban J connectivity index is 1.58. The van der Waals surface area contributed by atoms with Gasteiger partial charge in [0.05, 0.1) is 39.4 Å². The summed E-state index contributed by atoms with van der Waals surface area (Å²) in [4.78, 5) is 35.4. The third kappa shape index (κ3) is 12.8. The van der Waals surface area contributed by atoms with Gasteiger partial charge < -0.3 is 9.47 Å². The number of benzene rings is 1. The van der Waals surface area contributed by atoms with Crippen LogP contribution in [-0.2, 0) is 27.7 Å². The Bertz CT molecular complexity index is 2380. The van der Waals surface area contributed by atoms with Crippen molar-refractivity contribution in [2.45, 2.75) is 223 Å². The predicted octanol–water partition coefficient (Wildman–Crippen LogP) is 17.4. The number of carbonyl (C=O) groups excluding carboxylic acids is 2. The molecule has 0 fully saturated rings. The minimum absolute atomic E-state index is 0.0000987. The molecule has 69 heavy (non-hydrogen) atoms. The van der Waals surface area contributed by atoms with Gasteiger partial charge in [-0.15, -0.1) is 34.4 Å². The summed E-state index contributed by atoms with van der Waals surface area (Å²) in [7, 11) is 0. The van der Waals surface area contributed by atoms with Crippen LogP contribution >= 0.6 is 34.4 Å². The molecule has 0 saturated heterocycles. The number of allylic oxidation sites excluding steroid dienone is 1. The van der Waals surface area contributed by atoms with E-state index in [-0.39, 0.29) is 33.6 Å². The molecule has 0 N–H and O–H groups in total. The van der Waals surface area contributed by atoms with Crippen LogP contribution in [0.25, 0.3) is 21.3 Å². The first kappa shape index (κ1) is 55.7. The van der Waals surface area contributed by atoms with Gasteiger partial charge in [0.15, 0.2) is 11.6 Å². The van der Waals surface area contributed by atoms with Crippen molar-refractivity contribution in [1.82, 2.24) is 0 Å². The summed E-state index contributed by atoms with van der Waals surface area (Å²) in [5.41, 5.74) is 4.68. The van der Waals surface area contributed by atoms with Gasteiger partial charge in [0.1, 0.15) is 11.5 Å². The largest absolute Gasteiger partial charge is 0.496 e. The Morgan fingerprint density at radius 3 is 1.48 bits per heavy atom. The molecule has 2 aromatic heterocycles. The molecule has 2 aliphatic carbocycles. The smallest absolute Gasteiger partial charge is 0.196 e. The minimum atomic E-state index is -0.342. The zero-order valence-electron chi connectivity index (χ0n) is 45.8. The molecule has 0 saturated carbocycles. The number of fused-ring (bicyclic) bond motifs is 4. The van der Waals surface area contributed by atoms with E-state index >= 15 is 9.59 Å². The Kier molecular flexibility index (Phi) is 20.1. The maximum absolute atomic E-state index is 15.6. The van der Waals surface area contributed by atoms with Crippen LogP contribution in [0.1, 0.15) is 248 Å². The van der Waals surface area contributed by atoms with E-state index in [1.807, 2.05) is 11.8 Å². The second-order valence-corrected chi connectivity index (χ2v) is 26.5. The highest BCUT2D eigenvalue weighted by Gasteiger charge is 2.44. The molecule has 382 valence electrons. The van der Waals surface area contributed by atoms with Crippen LogP contribution in [0, 0.1) is 35.0 Å². The van der Waals surface area contributed by atoms with Gasteiger partial charge in [0.2, 0.25) is 0 Å². The molecule has 3 aromatic rings. The molecule has 1 aliphatic heterocycles. The van der Waals surface area contributed by atoms with Gasteiger partial charge in [-0.25, -0.2) is 0 Å². The highest BCUT2D eigenvalue weighted by molar-refractivity contribution is 8.04. The van der Waals surface area contributed by atoms with Crippen LogP contribution in [-0.4, -0.2) is 30.0 Å². The summed E-state index contributed by atoms with van der Waals surface area (Å²) in [5.74, 6) is 4.29. The maximum atomic E-state index is 15.6. The molecule has 7 heteroatoms. The van der Waals surface area contributed by atoms with Crippen LogP contribution in [0.2, 0.25) is 0 Å². The SMILES string of the molecule is CCCCC(CC)COC1=c2cc(-c3sc(C(C)(C)C)c4c3C(=O)c3cc(CC(CC)CCCC)c(CC(CC)CCCC)cc3C4=O)sc2=C(OCC(CC)CCCC)C2C=C(C(C)(C)C)SC12. The van der Waals surface area contributed by atoms with Crippen molar-refractivity contribution in [2.75, 3.05) is 13.2 Å². The monoisotopic (exact) mass is 997 g/mol. The van der Waals surface area contributed by atoms with Crippen molar-refractivity contribution in [3.8, 4) is 9.75 Å². The number of thiophene rings is 2. The van der Waals surface area contributed by atoms with Gasteiger partial charge in [0, 0.05) is 31.7 Å². The zero-order chi connectivity index (χ0) is 50.2. The summed E-state index contributed by atoms with van der Waals surface area (Å²) in [6, 6.07) is 6.70. The topological polar surface area (TPSA) is 52.6 Å². The predicted molar refractivity (Wildman–Crippen MR) is 301 cm³/mol. The van der Waals surface area contributed by atoms with E-state index in [0.717, 1.165) is 74.4 Å². The number of ether oxygens (including phenoxy) is 2. The van der Waals surface area contributed by atoms with Crippen molar-refractivity contribution in [2.24, 2.45) is 35.0 Å². The van der Waals surface area contributed by atoms with Gasteiger partial charge in [-0.1, -0.05) is 193 Å². The van der Waals surface area contributed by atoms with E-state index in [1.54, 1.807) is 22.7 Å². The molecule has 0 bridgehead atoms. The van der Waals surface area contributed by atoms with Gasteiger partial charge in [-0.3, -0.25) is 9.59 Å². The normalized spacial score (nSPS) is 18.7. The van der Waals surface area contributed by atoms with Gasteiger partial charge in [-0.2, -0.15) is 0 Å². The summed E-state index contributed by atoms with van der Waals surface area (Å²) >= 11 is 5.39. The molecule has 6 unspecified atom stereocenters. The first-order valence-electron chi connectivity index (χ1n) is 27.9. The molecular weight excluding hydrogens is 905 g/mol. The fraction of sp³-hybridized carbons (Fsp3) is 0.677. The second kappa shape index (κ2) is 24.9.